The molecule has 0 saturated heterocycles. The molecule has 1 aromatic heterocycles. The summed E-state index contributed by atoms with van der Waals surface area (Å²) in [5.74, 6) is -1.11. The van der Waals surface area contributed by atoms with Gasteiger partial charge in [-0.3, -0.25) is 0 Å². The molecule has 0 spiro atoms. The third-order valence-electron chi connectivity index (χ3n) is 1.64. The van der Waals surface area contributed by atoms with Crippen LogP contribution in [-0.4, -0.2) is 44.9 Å². The Morgan fingerprint density at radius 1 is 1.62 bits per heavy atom. The molecule has 0 aromatic carbocycles. The number of carboxylic acid groups (broad SMARTS) is 1. The highest BCUT2D eigenvalue weighted by Crippen LogP contribution is 2.20. The average molecular weight is 286 g/mol. The molecule has 1 aromatic rings. The van der Waals surface area contributed by atoms with Crippen LogP contribution in [0.5, 0.6) is 0 Å². The van der Waals surface area contributed by atoms with Crippen LogP contribution < -0.4 is 0 Å². The lowest BCUT2D eigenvalue weighted by molar-refractivity contribution is 0.0691. The van der Waals surface area contributed by atoms with Gasteiger partial charge in [0, 0.05) is 25.7 Å². The van der Waals surface area contributed by atoms with E-state index in [1.54, 1.807) is 14.1 Å². The normalized spacial score (nSPS) is 14.0. The van der Waals surface area contributed by atoms with Crippen molar-refractivity contribution in [1.29, 1.82) is 0 Å². The zero-order valence-electron chi connectivity index (χ0n) is 8.91. The van der Waals surface area contributed by atoms with Crippen LogP contribution >= 0.6 is 23.7 Å². The number of aromatic carboxylic acids is 1. The van der Waals surface area contributed by atoms with Gasteiger partial charge in [0.25, 0.3) is 0 Å². The van der Waals surface area contributed by atoms with Gasteiger partial charge in [0.15, 0.2) is 5.69 Å². The fourth-order valence-electron chi connectivity index (χ4n) is 0.631. The number of hydrogen-bond donors (Lipinski definition) is 1. The first-order valence-corrected chi connectivity index (χ1v) is 6.67. The molecule has 0 radical (unpaired) electrons. The summed E-state index contributed by atoms with van der Waals surface area (Å²) in [4.78, 5) is 14.3. The summed E-state index contributed by atoms with van der Waals surface area (Å²) < 4.78 is 17.2. The lowest BCUT2D eigenvalue weighted by atomic mass is 10.5. The lowest BCUT2D eigenvalue weighted by Gasteiger charge is -2.10. The van der Waals surface area contributed by atoms with Crippen LogP contribution in [0.3, 0.4) is 0 Å². The third kappa shape index (κ3) is 3.71. The third-order valence-corrected chi connectivity index (χ3v) is 4.35. The van der Waals surface area contributed by atoms with Gasteiger partial charge in [-0.2, -0.15) is 4.36 Å². The topological polar surface area (TPSA) is 82.9 Å². The molecule has 9 heteroatoms. The summed E-state index contributed by atoms with van der Waals surface area (Å²) in [5.41, 5.74) is -0.0762. The van der Waals surface area contributed by atoms with E-state index in [9.17, 15) is 9.00 Å². The number of rotatable bonds is 3. The maximum absolute atomic E-state index is 11.8. The molecule has 0 saturated carbocycles. The Balaban J connectivity index is 0.00000225. The van der Waals surface area contributed by atoms with Gasteiger partial charge >= 0.3 is 5.97 Å². The highest BCUT2D eigenvalue weighted by atomic mass is 35.5. The monoisotopic (exact) mass is 285 g/mol. The first-order valence-electron chi connectivity index (χ1n) is 3.91. The summed E-state index contributed by atoms with van der Waals surface area (Å²) in [7, 11) is 0.773. The Kier molecular flexibility index (Phi) is 5.33. The molecule has 0 amide bonds. The predicted octanol–water partition coefficient (Wildman–Crippen LogP) is 1.47. The zero-order chi connectivity index (χ0) is 11.6. The minimum Gasteiger partial charge on any atom is -0.476 e. The van der Waals surface area contributed by atoms with Crippen molar-refractivity contribution in [3.63, 3.8) is 0 Å². The molecular formula is C7H12ClN3O3S2. The van der Waals surface area contributed by atoms with Crippen molar-refractivity contribution >= 4 is 44.8 Å². The van der Waals surface area contributed by atoms with Gasteiger partial charge in [0.2, 0.25) is 5.13 Å². The molecule has 1 rings (SSSR count). The van der Waals surface area contributed by atoms with Crippen LogP contribution in [0.4, 0.5) is 5.13 Å². The molecule has 0 aliphatic carbocycles. The van der Waals surface area contributed by atoms with E-state index in [4.69, 9.17) is 5.11 Å². The number of carbonyl (C=O) groups is 1. The molecule has 1 unspecified atom stereocenters. The maximum Gasteiger partial charge on any atom is 0.355 e. The van der Waals surface area contributed by atoms with Gasteiger partial charge in [-0.25, -0.2) is 18.3 Å². The first kappa shape index (κ1) is 15.3. The Bertz CT molecular complexity index is 491. The lowest BCUT2D eigenvalue weighted by Crippen LogP contribution is -2.19. The number of aromatic nitrogens is 1. The molecule has 0 aliphatic rings. The van der Waals surface area contributed by atoms with Gasteiger partial charge in [-0.15, -0.1) is 23.7 Å². The summed E-state index contributed by atoms with van der Waals surface area (Å²) in [6.07, 6.45) is 1.47. The average Bonchev–Trinajstić information content (AvgIpc) is 2.51. The standard InChI is InChI=1S/C7H11N3O3S2.ClH/c1-10(2)15(3,13)9-7-8-5(4-14-7)6(11)12;/h4H,1-3H3,(H,11,12);1H. The van der Waals surface area contributed by atoms with E-state index in [2.05, 4.69) is 9.35 Å². The Labute approximate surface area is 104 Å². The molecule has 0 aliphatic heterocycles. The SMILES string of the molecule is CN(C)S(C)(=O)=Nc1nc(C(=O)O)cs1.Cl. The molecule has 0 bridgehead atoms. The van der Waals surface area contributed by atoms with Crippen molar-refractivity contribution in [2.24, 2.45) is 4.36 Å². The van der Waals surface area contributed by atoms with E-state index in [0.29, 0.717) is 0 Å². The Morgan fingerprint density at radius 2 is 2.19 bits per heavy atom. The summed E-state index contributed by atoms with van der Waals surface area (Å²) in [6, 6.07) is 0. The number of hydrogen-bond acceptors (Lipinski definition) is 5. The summed E-state index contributed by atoms with van der Waals surface area (Å²) in [5, 5.41) is 10.2. The zero-order valence-corrected chi connectivity index (χ0v) is 11.4. The molecule has 1 atom stereocenters. The molecule has 16 heavy (non-hydrogen) atoms. The highest BCUT2D eigenvalue weighted by Gasteiger charge is 2.10. The van der Waals surface area contributed by atoms with Gasteiger partial charge in [-0.1, -0.05) is 0 Å². The van der Waals surface area contributed by atoms with E-state index in [1.165, 1.54) is 15.9 Å². The quantitative estimate of drug-likeness (QED) is 0.911. The van der Waals surface area contributed by atoms with Crippen LogP contribution in [0.1, 0.15) is 10.5 Å². The number of halogens is 1. The number of nitrogens with zero attached hydrogens (tertiary/aromatic N) is 3. The van der Waals surface area contributed by atoms with Crippen LogP contribution in [0.25, 0.3) is 0 Å². The van der Waals surface area contributed by atoms with Crippen LogP contribution in [0.15, 0.2) is 9.74 Å². The number of carboxylic acids is 1. The molecule has 1 heterocycles. The number of thiazole rings is 1. The Hall–Kier alpha value is -0.700. The van der Waals surface area contributed by atoms with Crippen molar-refractivity contribution in [2.45, 2.75) is 0 Å². The second-order valence-corrected chi connectivity index (χ2v) is 6.26. The van der Waals surface area contributed by atoms with Crippen molar-refractivity contribution in [1.82, 2.24) is 9.29 Å². The van der Waals surface area contributed by atoms with E-state index in [1.807, 2.05) is 0 Å². The highest BCUT2D eigenvalue weighted by molar-refractivity contribution is 7.90. The second-order valence-electron chi connectivity index (χ2n) is 2.99. The minimum atomic E-state index is -2.50. The van der Waals surface area contributed by atoms with Crippen molar-refractivity contribution in [3.05, 3.63) is 11.1 Å². The minimum absolute atomic E-state index is 0. The van der Waals surface area contributed by atoms with Crippen LogP contribution in [0, 0.1) is 0 Å². The van der Waals surface area contributed by atoms with Crippen molar-refractivity contribution in [2.75, 3.05) is 20.4 Å². The van der Waals surface area contributed by atoms with E-state index >= 15 is 0 Å². The smallest absolute Gasteiger partial charge is 0.355 e. The van der Waals surface area contributed by atoms with Gasteiger partial charge in [0.05, 0.1) is 0 Å². The van der Waals surface area contributed by atoms with E-state index < -0.39 is 15.9 Å². The molecule has 6 nitrogen and oxygen atoms in total. The molecule has 92 valence electrons. The second kappa shape index (κ2) is 5.58. The fraction of sp³-hybridized carbons (Fsp3) is 0.429. The fourth-order valence-corrected chi connectivity index (χ4v) is 2.23. The van der Waals surface area contributed by atoms with Gasteiger partial charge in [-0.05, 0) is 0 Å². The van der Waals surface area contributed by atoms with E-state index in [0.717, 1.165) is 11.3 Å². The van der Waals surface area contributed by atoms with Crippen molar-refractivity contribution in [3.8, 4) is 0 Å². The predicted molar refractivity (Wildman–Crippen MR) is 66.2 cm³/mol. The summed E-state index contributed by atoms with van der Waals surface area (Å²) in [6.45, 7) is 0. The van der Waals surface area contributed by atoms with Crippen molar-refractivity contribution < 1.29 is 14.1 Å². The van der Waals surface area contributed by atoms with Gasteiger partial charge in [0.1, 0.15) is 9.92 Å². The largest absolute Gasteiger partial charge is 0.476 e. The van der Waals surface area contributed by atoms with Crippen LogP contribution in [0.2, 0.25) is 0 Å². The van der Waals surface area contributed by atoms with Crippen LogP contribution in [-0.2, 0) is 9.92 Å². The van der Waals surface area contributed by atoms with Gasteiger partial charge < -0.3 is 5.11 Å². The molecule has 0 fully saturated rings. The van der Waals surface area contributed by atoms with E-state index in [-0.39, 0.29) is 23.2 Å². The molecule has 1 N–H and O–H groups in total. The summed E-state index contributed by atoms with van der Waals surface area (Å²) >= 11 is 1.06. The molecular weight excluding hydrogens is 274 g/mol. The first-order chi connectivity index (χ1) is 6.83. The Morgan fingerprint density at radius 3 is 2.56 bits per heavy atom. The maximum atomic E-state index is 11.8.